The van der Waals surface area contributed by atoms with Gasteiger partial charge in [0.1, 0.15) is 6.04 Å². The summed E-state index contributed by atoms with van der Waals surface area (Å²) in [4.78, 5) is 53.1. The van der Waals surface area contributed by atoms with Gasteiger partial charge in [-0.15, -0.1) is 0 Å². The first-order chi connectivity index (χ1) is 13.9. The molecule has 2 aliphatic heterocycles. The fraction of sp³-hybridized carbons (Fsp3) is 0.350. The van der Waals surface area contributed by atoms with Crippen LogP contribution in [0.15, 0.2) is 24.3 Å². The summed E-state index contributed by atoms with van der Waals surface area (Å²) < 4.78 is 5.02. The van der Waals surface area contributed by atoms with Crippen molar-refractivity contribution >= 4 is 23.7 Å². The van der Waals surface area contributed by atoms with Crippen LogP contribution in [0.1, 0.15) is 56.3 Å². The lowest BCUT2D eigenvalue weighted by molar-refractivity contribution is -0.135. The van der Waals surface area contributed by atoms with Gasteiger partial charge in [0.15, 0.2) is 5.69 Å². The number of nitrogens with one attached hydrogen (secondary N) is 1. The Kier molecular flexibility index (Phi) is 4.65. The Bertz CT molecular complexity index is 993. The van der Waals surface area contributed by atoms with Gasteiger partial charge in [0.2, 0.25) is 5.91 Å². The van der Waals surface area contributed by atoms with E-state index in [0.29, 0.717) is 29.7 Å². The van der Waals surface area contributed by atoms with Crippen LogP contribution in [0.5, 0.6) is 0 Å². The summed E-state index contributed by atoms with van der Waals surface area (Å²) in [7, 11) is 0. The molecule has 0 aliphatic carbocycles. The number of hydrogen-bond acceptors (Lipinski definition) is 6. The average molecular weight is 396 g/mol. The molecule has 0 saturated carbocycles. The number of ether oxygens (including phenoxy) is 1. The Balaban J connectivity index is 1.54. The highest BCUT2D eigenvalue weighted by atomic mass is 16.5. The summed E-state index contributed by atoms with van der Waals surface area (Å²) >= 11 is 0. The zero-order valence-corrected chi connectivity index (χ0v) is 16.1. The summed E-state index contributed by atoms with van der Waals surface area (Å²) in [6.07, 6.45) is 0.488. The number of benzene rings is 1. The van der Waals surface area contributed by atoms with Crippen molar-refractivity contribution in [2.75, 3.05) is 13.2 Å². The van der Waals surface area contributed by atoms with E-state index in [0.717, 1.165) is 10.6 Å². The largest absolute Gasteiger partial charge is 0.461 e. The van der Waals surface area contributed by atoms with E-state index in [4.69, 9.17) is 4.74 Å². The minimum absolute atomic E-state index is 0.159. The van der Waals surface area contributed by atoms with Crippen molar-refractivity contribution in [1.82, 2.24) is 20.0 Å². The maximum absolute atomic E-state index is 13.1. The van der Waals surface area contributed by atoms with Gasteiger partial charge in [-0.3, -0.25) is 24.4 Å². The summed E-state index contributed by atoms with van der Waals surface area (Å²) in [5.74, 6) is -1.85. The molecular formula is C20H20N4O5. The van der Waals surface area contributed by atoms with Crippen LogP contribution in [-0.4, -0.2) is 62.9 Å². The molecule has 1 N–H and O–H groups in total. The number of hydrogen-bond donors (Lipinski definition) is 1. The Morgan fingerprint density at radius 1 is 1.21 bits per heavy atom. The minimum atomic E-state index is -0.957. The lowest BCUT2D eigenvalue weighted by Gasteiger charge is -2.32. The van der Waals surface area contributed by atoms with Crippen LogP contribution in [0.2, 0.25) is 0 Å². The van der Waals surface area contributed by atoms with Crippen LogP contribution in [0.25, 0.3) is 0 Å². The molecule has 9 nitrogen and oxygen atoms in total. The molecule has 29 heavy (non-hydrogen) atoms. The first kappa shape index (κ1) is 18.9. The molecule has 0 fully saturated rings. The van der Waals surface area contributed by atoms with E-state index in [1.807, 2.05) is 0 Å². The second-order valence-electron chi connectivity index (χ2n) is 6.96. The van der Waals surface area contributed by atoms with Gasteiger partial charge in [-0.1, -0.05) is 12.1 Å². The van der Waals surface area contributed by atoms with E-state index in [9.17, 15) is 19.2 Å². The number of esters is 1. The lowest BCUT2D eigenvalue weighted by atomic mass is 10.0. The van der Waals surface area contributed by atoms with E-state index in [-0.39, 0.29) is 24.8 Å². The first-order valence-corrected chi connectivity index (χ1v) is 9.43. The number of carbonyl (C=O) groups is 4. The van der Waals surface area contributed by atoms with Crippen LogP contribution in [0, 0.1) is 0 Å². The van der Waals surface area contributed by atoms with Crippen molar-refractivity contribution in [2.45, 2.75) is 32.9 Å². The Labute approximate surface area is 166 Å². The second-order valence-corrected chi connectivity index (χ2v) is 6.96. The summed E-state index contributed by atoms with van der Waals surface area (Å²) in [6.45, 7) is 4.02. The molecule has 0 radical (unpaired) electrons. The zero-order valence-electron chi connectivity index (χ0n) is 16.1. The van der Waals surface area contributed by atoms with Gasteiger partial charge < -0.3 is 9.64 Å². The topological polar surface area (TPSA) is 113 Å². The standard InChI is InChI=1S/C20H20N4O5/c1-3-29-20(28)16-14-10-23(9-8-15(14)21-22-16)17(25)11(2)24-18(26)12-6-4-5-7-13(12)19(24)27/h4-7,11H,3,8-10H2,1-2H3,(H,21,22). The SMILES string of the molecule is CCOC(=O)c1n[nH]c2c1CN(C(=O)C(C)N1C(=O)c3ccccc3C1=O)CC2. The number of amides is 3. The molecule has 1 aromatic heterocycles. The van der Waals surface area contributed by atoms with Crippen LogP contribution in [0.3, 0.4) is 0 Å². The smallest absolute Gasteiger partial charge is 0.359 e. The molecule has 1 atom stereocenters. The summed E-state index contributed by atoms with van der Waals surface area (Å²) in [6, 6.07) is 5.57. The molecule has 2 aliphatic rings. The molecule has 3 amide bonds. The predicted molar refractivity (Wildman–Crippen MR) is 100 cm³/mol. The fourth-order valence-corrected chi connectivity index (χ4v) is 3.79. The highest BCUT2D eigenvalue weighted by molar-refractivity contribution is 6.22. The van der Waals surface area contributed by atoms with Crippen molar-refractivity contribution in [3.8, 4) is 0 Å². The number of H-pyrrole nitrogens is 1. The molecule has 4 rings (SSSR count). The van der Waals surface area contributed by atoms with E-state index in [2.05, 4.69) is 10.2 Å². The van der Waals surface area contributed by atoms with E-state index in [1.165, 1.54) is 4.90 Å². The number of rotatable bonds is 4. The molecule has 9 heteroatoms. The van der Waals surface area contributed by atoms with Crippen molar-refractivity contribution in [3.05, 3.63) is 52.3 Å². The van der Waals surface area contributed by atoms with Gasteiger partial charge in [0.25, 0.3) is 11.8 Å². The molecule has 0 bridgehead atoms. The first-order valence-electron chi connectivity index (χ1n) is 9.43. The van der Waals surface area contributed by atoms with Gasteiger partial charge in [-0.25, -0.2) is 4.79 Å². The van der Waals surface area contributed by atoms with Crippen molar-refractivity contribution in [3.63, 3.8) is 0 Å². The maximum atomic E-state index is 13.1. The molecule has 1 aromatic carbocycles. The summed E-state index contributed by atoms with van der Waals surface area (Å²) in [5, 5.41) is 6.86. The van der Waals surface area contributed by atoms with Crippen molar-refractivity contribution in [2.24, 2.45) is 0 Å². The third-order valence-corrected chi connectivity index (χ3v) is 5.28. The third kappa shape index (κ3) is 2.98. The predicted octanol–water partition coefficient (Wildman–Crippen LogP) is 1.16. The van der Waals surface area contributed by atoms with E-state index in [1.54, 1.807) is 38.1 Å². The molecule has 2 aromatic rings. The molecular weight excluding hydrogens is 376 g/mol. The number of nitrogens with zero attached hydrogens (tertiary/aromatic N) is 3. The quantitative estimate of drug-likeness (QED) is 0.613. The van der Waals surface area contributed by atoms with Gasteiger partial charge in [0.05, 0.1) is 17.7 Å². The maximum Gasteiger partial charge on any atom is 0.359 e. The van der Waals surface area contributed by atoms with Crippen LogP contribution >= 0.6 is 0 Å². The lowest BCUT2D eigenvalue weighted by Crippen LogP contribution is -2.50. The molecule has 150 valence electrons. The third-order valence-electron chi connectivity index (χ3n) is 5.28. The van der Waals surface area contributed by atoms with Gasteiger partial charge >= 0.3 is 5.97 Å². The van der Waals surface area contributed by atoms with Crippen LogP contribution in [0.4, 0.5) is 0 Å². The van der Waals surface area contributed by atoms with Crippen LogP contribution < -0.4 is 0 Å². The fourth-order valence-electron chi connectivity index (χ4n) is 3.79. The zero-order chi connectivity index (χ0) is 20.7. The number of fused-ring (bicyclic) bond motifs is 2. The minimum Gasteiger partial charge on any atom is -0.461 e. The number of imide groups is 1. The highest BCUT2D eigenvalue weighted by Crippen LogP contribution is 2.27. The second kappa shape index (κ2) is 7.16. The average Bonchev–Trinajstić information content (AvgIpc) is 3.26. The molecule has 0 spiro atoms. The van der Waals surface area contributed by atoms with Gasteiger partial charge in [-0.2, -0.15) is 5.10 Å². The van der Waals surface area contributed by atoms with Crippen molar-refractivity contribution in [1.29, 1.82) is 0 Å². The van der Waals surface area contributed by atoms with Crippen LogP contribution in [-0.2, 0) is 22.5 Å². The number of aromatic amines is 1. The highest BCUT2D eigenvalue weighted by Gasteiger charge is 2.42. The normalized spacial score (nSPS) is 16.5. The van der Waals surface area contributed by atoms with Gasteiger partial charge in [-0.05, 0) is 26.0 Å². The monoisotopic (exact) mass is 396 g/mol. The Morgan fingerprint density at radius 3 is 2.48 bits per heavy atom. The van der Waals surface area contributed by atoms with Gasteiger partial charge in [0, 0.05) is 30.8 Å². The molecule has 0 saturated heterocycles. The Morgan fingerprint density at radius 2 is 1.86 bits per heavy atom. The van der Waals surface area contributed by atoms with E-state index >= 15 is 0 Å². The number of carbonyl (C=O) groups excluding carboxylic acids is 4. The number of aromatic nitrogens is 2. The summed E-state index contributed by atoms with van der Waals surface area (Å²) in [5.41, 5.74) is 2.16. The Hall–Kier alpha value is -3.49. The van der Waals surface area contributed by atoms with E-state index < -0.39 is 23.8 Å². The molecule has 3 heterocycles. The van der Waals surface area contributed by atoms with Crippen molar-refractivity contribution < 1.29 is 23.9 Å². The molecule has 1 unspecified atom stereocenters.